The fraction of sp³-hybridized carbons (Fsp3) is 0.538. The van der Waals surface area contributed by atoms with Crippen LogP contribution in [0.15, 0.2) is 18.2 Å². The van der Waals surface area contributed by atoms with Gasteiger partial charge in [0.05, 0.1) is 7.11 Å². The molecule has 2 rings (SSSR count). The first-order chi connectivity index (χ1) is 7.26. The summed E-state index contributed by atoms with van der Waals surface area (Å²) in [4.78, 5) is 0. The molecule has 1 unspecified atom stereocenters. The molecule has 15 heavy (non-hydrogen) atoms. The van der Waals surface area contributed by atoms with Crippen LogP contribution in [0.25, 0.3) is 0 Å². The van der Waals surface area contributed by atoms with E-state index in [9.17, 15) is 0 Å². The van der Waals surface area contributed by atoms with Crippen molar-refractivity contribution in [3.05, 3.63) is 29.3 Å². The molecule has 0 aliphatic heterocycles. The molecular weight excluding hydrogens is 188 g/mol. The lowest BCUT2D eigenvalue weighted by atomic mass is 9.97. The highest BCUT2D eigenvalue weighted by atomic mass is 16.5. The summed E-state index contributed by atoms with van der Waals surface area (Å²) in [5.74, 6) is 1.89. The first kappa shape index (κ1) is 10.5. The van der Waals surface area contributed by atoms with Gasteiger partial charge in [-0.1, -0.05) is 19.1 Å². The van der Waals surface area contributed by atoms with Crippen LogP contribution in [0.3, 0.4) is 0 Å². The fourth-order valence-corrected chi connectivity index (χ4v) is 1.88. The molecule has 1 saturated carbocycles. The van der Waals surface area contributed by atoms with Gasteiger partial charge in [-0.15, -0.1) is 0 Å². The standard InChI is InChI=1S/C13H18O2/c1-9(8-14)11-5-6-13(15-2)12(7-11)10-3-4-10/h5-7,9-10,14H,3-4,8H2,1-2H3. The van der Waals surface area contributed by atoms with Crippen molar-refractivity contribution < 1.29 is 9.84 Å². The van der Waals surface area contributed by atoms with Crippen molar-refractivity contribution >= 4 is 0 Å². The quantitative estimate of drug-likeness (QED) is 0.820. The summed E-state index contributed by atoms with van der Waals surface area (Å²) in [5.41, 5.74) is 2.52. The first-order valence-electron chi connectivity index (χ1n) is 5.55. The van der Waals surface area contributed by atoms with E-state index in [2.05, 4.69) is 6.07 Å². The number of aliphatic hydroxyl groups is 1. The second-order valence-electron chi connectivity index (χ2n) is 4.36. The van der Waals surface area contributed by atoms with Crippen molar-refractivity contribution in [2.75, 3.05) is 13.7 Å². The highest BCUT2D eigenvalue weighted by molar-refractivity contribution is 5.42. The van der Waals surface area contributed by atoms with Gasteiger partial charge in [0.1, 0.15) is 5.75 Å². The Kier molecular flexibility index (Phi) is 2.96. The number of rotatable bonds is 4. The van der Waals surface area contributed by atoms with Crippen LogP contribution in [-0.4, -0.2) is 18.8 Å². The average Bonchev–Trinajstić information content (AvgIpc) is 3.11. The third-order valence-electron chi connectivity index (χ3n) is 3.11. The van der Waals surface area contributed by atoms with Crippen molar-refractivity contribution in [2.45, 2.75) is 31.6 Å². The summed E-state index contributed by atoms with van der Waals surface area (Å²) in [6.07, 6.45) is 2.54. The molecule has 1 N–H and O–H groups in total. The summed E-state index contributed by atoms with van der Waals surface area (Å²) in [6, 6.07) is 6.26. The van der Waals surface area contributed by atoms with Crippen LogP contribution >= 0.6 is 0 Å². The van der Waals surface area contributed by atoms with E-state index in [1.165, 1.54) is 24.0 Å². The van der Waals surface area contributed by atoms with Gasteiger partial charge in [-0.05, 0) is 36.0 Å². The van der Waals surface area contributed by atoms with Crippen LogP contribution in [0.5, 0.6) is 5.75 Å². The van der Waals surface area contributed by atoms with Crippen LogP contribution in [0.1, 0.15) is 42.7 Å². The summed E-state index contributed by atoms with van der Waals surface area (Å²) in [6.45, 7) is 2.24. The van der Waals surface area contributed by atoms with Gasteiger partial charge in [-0.25, -0.2) is 0 Å². The smallest absolute Gasteiger partial charge is 0.122 e. The minimum absolute atomic E-state index is 0.205. The molecule has 1 aromatic rings. The molecule has 2 heteroatoms. The Morgan fingerprint density at radius 1 is 1.47 bits per heavy atom. The van der Waals surface area contributed by atoms with Crippen LogP contribution in [0.2, 0.25) is 0 Å². The van der Waals surface area contributed by atoms with Crippen molar-refractivity contribution in [3.63, 3.8) is 0 Å². The average molecular weight is 206 g/mol. The van der Waals surface area contributed by atoms with E-state index in [4.69, 9.17) is 9.84 Å². The van der Waals surface area contributed by atoms with Crippen LogP contribution in [0.4, 0.5) is 0 Å². The molecule has 82 valence electrons. The third kappa shape index (κ3) is 2.15. The summed E-state index contributed by atoms with van der Waals surface area (Å²) in [7, 11) is 1.72. The zero-order chi connectivity index (χ0) is 10.8. The molecule has 0 aromatic heterocycles. The van der Waals surface area contributed by atoms with Gasteiger partial charge in [0.25, 0.3) is 0 Å². The molecule has 0 spiro atoms. The van der Waals surface area contributed by atoms with Crippen molar-refractivity contribution in [3.8, 4) is 5.75 Å². The van der Waals surface area contributed by atoms with Gasteiger partial charge in [0, 0.05) is 12.5 Å². The van der Waals surface area contributed by atoms with Gasteiger partial charge in [0.15, 0.2) is 0 Å². The minimum Gasteiger partial charge on any atom is -0.496 e. The van der Waals surface area contributed by atoms with E-state index in [-0.39, 0.29) is 12.5 Å². The van der Waals surface area contributed by atoms with Crippen LogP contribution in [0, 0.1) is 0 Å². The number of hydrogen-bond acceptors (Lipinski definition) is 2. The SMILES string of the molecule is COc1ccc(C(C)CO)cc1C1CC1. The minimum atomic E-state index is 0.205. The van der Waals surface area contributed by atoms with Crippen LogP contribution < -0.4 is 4.74 Å². The van der Waals surface area contributed by atoms with Gasteiger partial charge in [-0.3, -0.25) is 0 Å². The van der Waals surface area contributed by atoms with Crippen LogP contribution in [-0.2, 0) is 0 Å². The second-order valence-corrected chi connectivity index (χ2v) is 4.36. The van der Waals surface area contributed by atoms with Crippen molar-refractivity contribution in [1.29, 1.82) is 0 Å². The van der Waals surface area contributed by atoms with E-state index < -0.39 is 0 Å². The Balaban J connectivity index is 2.31. The van der Waals surface area contributed by atoms with Crippen molar-refractivity contribution in [1.82, 2.24) is 0 Å². The topological polar surface area (TPSA) is 29.5 Å². The van der Waals surface area contributed by atoms with E-state index in [1.54, 1.807) is 7.11 Å². The van der Waals surface area contributed by atoms with Gasteiger partial charge in [0.2, 0.25) is 0 Å². The summed E-state index contributed by atoms with van der Waals surface area (Å²) >= 11 is 0. The highest BCUT2D eigenvalue weighted by Crippen LogP contribution is 2.45. The molecule has 1 aliphatic carbocycles. The maximum atomic E-state index is 9.13. The van der Waals surface area contributed by atoms with Gasteiger partial charge in [-0.2, -0.15) is 0 Å². The number of ether oxygens (including phenoxy) is 1. The maximum absolute atomic E-state index is 9.13. The largest absolute Gasteiger partial charge is 0.496 e. The highest BCUT2D eigenvalue weighted by Gasteiger charge is 2.27. The molecule has 0 heterocycles. The lowest BCUT2D eigenvalue weighted by Gasteiger charge is -2.13. The first-order valence-corrected chi connectivity index (χ1v) is 5.55. The Morgan fingerprint density at radius 3 is 2.73 bits per heavy atom. The van der Waals surface area contributed by atoms with E-state index in [0.29, 0.717) is 5.92 Å². The fourth-order valence-electron chi connectivity index (χ4n) is 1.88. The number of hydrogen-bond donors (Lipinski definition) is 1. The molecule has 1 aliphatic rings. The lowest BCUT2D eigenvalue weighted by molar-refractivity contribution is 0.273. The molecule has 1 atom stereocenters. The van der Waals surface area contributed by atoms with Crippen molar-refractivity contribution in [2.24, 2.45) is 0 Å². The second kappa shape index (κ2) is 4.23. The van der Waals surface area contributed by atoms with E-state index >= 15 is 0 Å². The number of aliphatic hydroxyl groups excluding tert-OH is 1. The lowest BCUT2D eigenvalue weighted by Crippen LogP contribution is -2.00. The molecule has 1 fully saturated rings. The maximum Gasteiger partial charge on any atom is 0.122 e. The molecule has 2 nitrogen and oxygen atoms in total. The predicted molar refractivity (Wildman–Crippen MR) is 60.5 cm³/mol. The van der Waals surface area contributed by atoms with Gasteiger partial charge >= 0.3 is 0 Å². The molecule has 0 bridgehead atoms. The molecule has 1 aromatic carbocycles. The molecule has 0 radical (unpaired) electrons. The van der Waals surface area contributed by atoms with Gasteiger partial charge < -0.3 is 9.84 Å². The number of benzene rings is 1. The Labute approximate surface area is 90.9 Å². The zero-order valence-corrected chi connectivity index (χ0v) is 9.36. The summed E-state index contributed by atoms with van der Waals surface area (Å²) in [5, 5.41) is 9.13. The predicted octanol–water partition coefficient (Wildman–Crippen LogP) is 2.67. The zero-order valence-electron chi connectivity index (χ0n) is 9.36. The normalized spacial score (nSPS) is 17.5. The molecule has 0 amide bonds. The van der Waals surface area contributed by atoms with E-state index in [1.807, 2.05) is 19.1 Å². The Bertz CT molecular complexity index is 342. The van der Waals surface area contributed by atoms with E-state index in [0.717, 1.165) is 5.75 Å². The molecule has 0 saturated heterocycles. The monoisotopic (exact) mass is 206 g/mol. The Morgan fingerprint density at radius 2 is 2.20 bits per heavy atom. The molecular formula is C13H18O2. The Hall–Kier alpha value is -1.02. The third-order valence-corrected chi connectivity index (χ3v) is 3.11. The number of methoxy groups -OCH3 is 1. The summed E-state index contributed by atoms with van der Waals surface area (Å²) < 4.78 is 5.35.